The van der Waals surface area contributed by atoms with Crippen molar-refractivity contribution >= 4 is 5.91 Å². The summed E-state index contributed by atoms with van der Waals surface area (Å²) in [5.74, 6) is 1.87. The Labute approximate surface area is 130 Å². The predicted octanol–water partition coefficient (Wildman–Crippen LogP) is 3.93. The lowest BCUT2D eigenvalue weighted by atomic mass is 10.0. The number of amides is 1. The smallest absolute Gasteiger partial charge is 0.241 e. The predicted molar refractivity (Wildman–Crippen MR) is 88.0 cm³/mol. The summed E-state index contributed by atoms with van der Waals surface area (Å²) in [5, 5.41) is 3.61. The van der Waals surface area contributed by atoms with Crippen LogP contribution in [0.5, 0.6) is 0 Å². The minimum Gasteiger partial charge on any atom is -0.326 e. The molecule has 0 aromatic rings. The first-order valence-electron chi connectivity index (χ1n) is 9.18. The number of rotatable bonds is 8. The molecule has 2 aliphatic rings. The fraction of sp³-hybridized carbons (Fsp3) is 0.944. The molecule has 0 radical (unpaired) electrons. The van der Waals surface area contributed by atoms with Crippen LogP contribution in [0.15, 0.2) is 0 Å². The van der Waals surface area contributed by atoms with Gasteiger partial charge in [-0.05, 0) is 31.1 Å². The van der Waals surface area contributed by atoms with Crippen LogP contribution in [-0.4, -0.2) is 29.6 Å². The molecule has 0 bridgehead atoms. The van der Waals surface area contributed by atoms with Crippen molar-refractivity contribution in [2.45, 2.75) is 90.8 Å². The Morgan fingerprint density at radius 3 is 2.57 bits per heavy atom. The van der Waals surface area contributed by atoms with Gasteiger partial charge in [-0.15, -0.1) is 0 Å². The molecule has 1 heterocycles. The highest BCUT2D eigenvalue weighted by atomic mass is 16.2. The standard InChI is InChI=1S/C18H34N2O/c1-4-5-10-16-18(21)20(17(19-16)13-14(2)3)12-11-15-8-6-7-9-15/h14-17,19H,4-13H2,1-3H3. The van der Waals surface area contributed by atoms with Crippen molar-refractivity contribution < 1.29 is 4.79 Å². The average molecular weight is 294 g/mol. The highest BCUT2D eigenvalue weighted by Gasteiger charge is 2.38. The first kappa shape index (κ1) is 16.8. The van der Waals surface area contributed by atoms with Gasteiger partial charge in [0, 0.05) is 6.54 Å². The average Bonchev–Trinajstić information content (AvgIpc) is 3.03. The topological polar surface area (TPSA) is 32.3 Å². The van der Waals surface area contributed by atoms with E-state index in [0.717, 1.165) is 31.7 Å². The first-order valence-corrected chi connectivity index (χ1v) is 9.18. The van der Waals surface area contributed by atoms with Gasteiger partial charge in [0.15, 0.2) is 0 Å². The van der Waals surface area contributed by atoms with Gasteiger partial charge in [0.25, 0.3) is 0 Å². The van der Waals surface area contributed by atoms with Gasteiger partial charge in [0.2, 0.25) is 5.91 Å². The number of unbranched alkanes of at least 4 members (excludes halogenated alkanes) is 1. The molecule has 122 valence electrons. The normalized spacial score (nSPS) is 27.2. The lowest BCUT2D eigenvalue weighted by Gasteiger charge is -2.26. The number of carbonyl (C=O) groups is 1. The van der Waals surface area contributed by atoms with E-state index in [1.54, 1.807) is 0 Å². The van der Waals surface area contributed by atoms with E-state index in [-0.39, 0.29) is 12.2 Å². The van der Waals surface area contributed by atoms with E-state index in [1.807, 2.05) is 0 Å². The van der Waals surface area contributed by atoms with Gasteiger partial charge in [-0.25, -0.2) is 0 Å². The minimum atomic E-state index is 0.0808. The maximum atomic E-state index is 12.7. The van der Waals surface area contributed by atoms with Crippen LogP contribution in [-0.2, 0) is 4.79 Å². The third-order valence-corrected chi connectivity index (χ3v) is 5.14. The lowest BCUT2D eigenvalue weighted by Crippen LogP contribution is -2.39. The number of hydrogen-bond donors (Lipinski definition) is 1. The van der Waals surface area contributed by atoms with Crippen molar-refractivity contribution in [1.82, 2.24) is 10.2 Å². The summed E-state index contributed by atoms with van der Waals surface area (Å²) in [4.78, 5) is 14.8. The summed E-state index contributed by atoms with van der Waals surface area (Å²) >= 11 is 0. The third kappa shape index (κ3) is 4.70. The zero-order chi connectivity index (χ0) is 15.2. The molecule has 0 aromatic carbocycles. The fourth-order valence-electron chi connectivity index (χ4n) is 3.89. The van der Waals surface area contributed by atoms with Crippen LogP contribution in [0.25, 0.3) is 0 Å². The van der Waals surface area contributed by atoms with E-state index >= 15 is 0 Å². The van der Waals surface area contributed by atoms with Gasteiger partial charge < -0.3 is 4.90 Å². The summed E-state index contributed by atoms with van der Waals surface area (Å²) in [7, 11) is 0. The SMILES string of the molecule is CCCCC1NC(CC(C)C)N(CCC2CCCC2)C1=O. The molecule has 1 N–H and O–H groups in total. The minimum absolute atomic E-state index is 0.0808. The van der Waals surface area contributed by atoms with E-state index in [2.05, 4.69) is 31.0 Å². The van der Waals surface area contributed by atoms with Crippen molar-refractivity contribution in [3.63, 3.8) is 0 Å². The second-order valence-corrected chi connectivity index (χ2v) is 7.48. The molecule has 21 heavy (non-hydrogen) atoms. The molecule has 3 nitrogen and oxygen atoms in total. The molecule has 2 atom stereocenters. The van der Waals surface area contributed by atoms with E-state index in [4.69, 9.17) is 0 Å². The van der Waals surface area contributed by atoms with Gasteiger partial charge in [-0.3, -0.25) is 10.1 Å². The Morgan fingerprint density at radius 2 is 1.95 bits per heavy atom. The van der Waals surface area contributed by atoms with Crippen LogP contribution >= 0.6 is 0 Å². The molecule has 1 amide bonds. The molecule has 2 unspecified atom stereocenters. The summed E-state index contributed by atoms with van der Waals surface area (Å²) in [6.07, 6.45) is 11.4. The summed E-state index contributed by atoms with van der Waals surface area (Å²) < 4.78 is 0. The zero-order valence-corrected chi connectivity index (χ0v) is 14.2. The summed E-state index contributed by atoms with van der Waals surface area (Å²) in [5.41, 5.74) is 0. The van der Waals surface area contributed by atoms with E-state index in [1.165, 1.54) is 38.5 Å². The monoisotopic (exact) mass is 294 g/mol. The number of nitrogens with zero attached hydrogens (tertiary/aromatic N) is 1. The molecule has 1 saturated heterocycles. The zero-order valence-electron chi connectivity index (χ0n) is 14.2. The van der Waals surface area contributed by atoms with E-state index in [9.17, 15) is 4.79 Å². The quantitative estimate of drug-likeness (QED) is 0.735. The van der Waals surface area contributed by atoms with Crippen LogP contribution in [0.3, 0.4) is 0 Å². The van der Waals surface area contributed by atoms with Crippen LogP contribution in [0.2, 0.25) is 0 Å². The molecule has 1 saturated carbocycles. The Balaban J connectivity index is 1.90. The number of hydrogen-bond acceptors (Lipinski definition) is 2. The van der Waals surface area contributed by atoms with Gasteiger partial charge >= 0.3 is 0 Å². The number of carbonyl (C=O) groups excluding carboxylic acids is 1. The largest absolute Gasteiger partial charge is 0.326 e. The van der Waals surface area contributed by atoms with Crippen LogP contribution in [0.1, 0.15) is 78.6 Å². The lowest BCUT2D eigenvalue weighted by molar-refractivity contribution is -0.130. The van der Waals surface area contributed by atoms with Crippen molar-refractivity contribution in [2.24, 2.45) is 11.8 Å². The van der Waals surface area contributed by atoms with Gasteiger partial charge in [0.05, 0.1) is 12.2 Å². The van der Waals surface area contributed by atoms with Crippen LogP contribution in [0.4, 0.5) is 0 Å². The van der Waals surface area contributed by atoms with Crippen LogP contribution < -0.4 is 5.32 Å². The fourth-order valence-corrected chi connectivity index (χ4v) is 3.89. The Morgan fingerprint density at radius 1 is 1.24 bits per heavy atom. The molecular formula is C18H34N2O. The van der Waals surface area contributed by atoms with E-state index < -0.39 is 0 Å². The maximum absolute atomic E-state index is 12.7. The Hall–Kier alpha value is -0.570. The van der Waals surface area contributed by atoms with Crippen molar-refractivity contribution in [2.75, 3.05) is 6.54 Å². The summed E-state index contributed by atoms with van der Waals surface area (Å²) in [6, 6.07) is 0.0808. The van der Waals surface area contributed by atoms with Gasteiger partial charge in [-0.2, -0.15) is 0 Å². The molecule has 1 aliphatic carbocycles. The van der Waals surface area contributed by atoms with E-state index in [0.29, 0.717) is 11.8 Å². The molecule has 2 fully saturated rings. The van der Waals surface area contributed by atoms with Crippen molar-refractivity contribution in [1.29, 1.82) is 0 Å². The summed E-state index contributed by atoms with van der Waals surface area (Å²) in [6.45, 7) is 7.67. The van der Waals surface area contributed by atoms with Crippen molar-refractivity contribution in [3.8, 4) is 0 Å². The van der Waals surface area contributed by atoms with Gasteiger partial charge in [-0.1, -0.05) is 59.3 Å². The van der Waals surface area contributed by atoms with Crippen LogP contribution in [0, 0.1) is 11.8 Å². The molecule has 3 heteroatoms. The maximum Gasteiger partial charge on any atom is 0.241 e. The van der Waals surface area contributed by atoms with Crippen molar-refractivity contribution in [3.05, 3.63) is 0 Å². The highest BCUT2D eigenvalue weighted by Crippen LogP contribution is 2.29. The second-order valence-electron chi connectivity index (χ2n) is 7.48. The van der Waals surface area contributed by atoms with Gasteiger partial charge in [0.1, 0.15) is 0 Å². The highest BCUT2D eigenvalue weighted by molar-refractivity contribution is 5.84. The Bertz CT molecular complexity index is 323. The third-order valence-electron chi connectivity index (χ3n) is 5.14. The Kier molecular flexibility index (Phi) is 6.53. The number of nitrogens with one attached hydrogen (secondary N) is 1. The molecular weight excluding hydrogens is 260 g/mol. The molecule has 1 aliphatic heterocycles. The first-order chi connectivity index (χ1) is 10.1. The molecule has 2 rings (SSSR count). The molecule has 0 spiro atoms. The second kappa shape index (κ2) is 8.17. The molecule has 0 aromatic heterocycles.